The Morgan fingerprint density at radius 1 is 1.47 bits per heavy atom. The summed E-state index contributed by atoms with van der Waals surface area (Å²) in [6.07, 6.45) is -0.571. The van der Waals surface area contributed by atoms with Crippen LogP contribution in [0.25, 0.3) is 0 Å². The second-order valence-electron chi connectivity index (χ2n) is 4.18. The van der Waals surface area contributed by atoms with E-state index in [4.69, 9.17) is 10.5 Å². The largest absolute Gasteiger partial charge is 0.389 e. The topological polar surface area (TPSA) is 93.3 Å². The number of methoxy groups -OCH3 is 1. The van der Waals surface area contributed by atoms with E-state index in [1.807, 2.05) is 13.8 Å². The third-order valence-electron chi connectivity index (χ3n) is 2.16. The fourth-order valence-electron chi connectivity index (χ4n) is 1.31. The van der Waals surface area contributed by atoms with Crippen LogP contribution < -0.4 is 11.1 Å². The number of aliphatic hydroxyl groups is 1. The molecule has 0 spiro atoms. The van der Waals surface area contributed by atoms with Crippen LogP contribution in [0.3, 0.4) is 0 Å². The van der Waals surface area contributed by atoms with Gasteiger partial charge in [0.05, 0.1) is 12.7 Å². The zero-order valence-electron chi connectivity index (χ0n) is 10.5. The second-order valence-corrected chi connectivity index (χ2v) is 4.18. The summed E-state index contributed by atoms with van der Waals surface area (Å²) in [7, 11) is 1.54. The maximum absolute atomic E-state index is 9.50. The molecule has 0 fully saturated rings. The first-order valence-electron chi connectivity index (χ1n) is 5.58. The van der Waals surface area contributed by atoms with Crippen molar-refractivity contribution >= 4 is 11.6 Å². The Kier molecular flexibility index (Phi) is 5.11. The summed E-state index contributed by atoms with van der Waals surface area (Å²) in [5.74, 6) is 1.94. The highest BCUT2D eigenvalue weighted by molar-refractivity contribution is 5.44. The lowest BCUT2D eigenvalue weighted by atomic mass is 10.2. The predicted molar refractivity (Wildman–Crippen MR) is 66.9 cm³/mol. The average Bonchev–Trinajstić information content (AvgIpc) is 2.26. The van der Waals surface area contributed by atoms with Crippen molar-refractivity contribution in [3.8, 4) is 0 Å². The number of aliphatic hydroxyl groups excluding tert-OH is 1. The van der Waals surface area contributed by atoms with Crippen LogP contribution in [0.5, 0.6) is 0 Å². The second kappa shape index (κ2) is 6.36. The monoisotopic (exact) mass is 240 g/mol. The molecule has 0 aliphatic carbocycles. The normalized spacial score (nSPS) is 12.8. The number of hydrogen-bond donors (Lipinski definition) is 3. The van der Waals surface area contributed by atoms with Gasteiger partial charge in [0.1, 0.15) is 17.5 Å². The summed E-state index contributed by atoms with van der Waals surface area (Å²) in [5.41, 5.74) is 5.68. The zero-order chi connectivity index (χ0) is 12.8. The molecule has 1 atom stereocenters. The summed E-state index contributed by atoms with van der Waals surface area (Å²) < 4.78 is 4.83. The van der Waals surface area contributed by atoms with Gasteiger partial charge < -0.3 is 20.9 Å². The van der Waals surface area contributed by atoms with E-state index < -0.39 is 6.10 Å². The maximum atomic E-state index is 9.50. The fraction of sp³-hybridized carbons (Fsp3) is 0.636. The number of nitrogens with one attached hydrogen (secondary N) is 1. The van der Waals surface area contributed by atoms with Crippen LogP contribution in [0.15, 0.2) is 6.07 Å². The molecule has 17 heavy (non-hydrogen) atoms. The van der Waals surface area contributed by atoms with Crippen molar-refractivity contribution in [2.24, 2.45) is 0 Å². The number of ether oxygens (including phenoxy) is 1. The molecule has 96 valence electrons. The number of aromatic nitrogens is 2. The predicted octanol–water partition coefficient (Wildman–Crippen LogP) is 0.601. The van der Waals surface area contributed by atoms with Gasteiger partial charge in [0.2, 0.25) is 0 Å². The van der Waals surface area contributed by atoms with Crippen molar-refractivity contribution in [2.75, 3.05) is 31.3 Å². The first-order valence-corrected chi connectivity index (χ1v) is 5.58. The van der Waals surface area contributed by atoms with Crippen LogP contribution in [-0.2, 0) is 4.74 Å². The quantitative estimate of drug-likeness (QED) is 0.674. The van der Waals surface area contributed by atoms with E-state index >= 15 is 0 Å². The number of nitrogen functional groups attached to an aromatic ring is 1. The van der Waals surface area contributed by atoms with Gasteiger partial charge in [-0.2, -0.15) is 0 Å². The Morgan fingerprint density at radius 3 is 2.76 bits per heavy atom. The van der Waals surface area contributed by atoms with Gasteiger partial charge in [-0.05, 0) is 0 Å². The van der Waals surface area contributed by atoms with Gasteiger partial charge in [-0.15, -0.1) is 0 Å². The third kappa shape index (κ3) is 4.54. The van der Waals surface area contributed by atoms with Gasteiger partial charge in [-0.25, -0.2) is 9.97 Å². The molecule has 0 aliphatic heterocycles. The number of anilines is 2. The molecule has 6 heteroatoms. The first kappa shape index (κ1) is 13.7. The minimum absolute atomic E-state index is 0.211. The molecule has 4 N–H and O–H groups in total. The van der Waals surface area contributed by atoms with Crippen molar-refractivity contribution in [3.63, 3.8) is 0 Å². The molecule has 0 amide bonds. The van der Waals surface area contributed by atoms with E-state index in [1.54, 1.807) is 13.2 Å². The Bertz CT molecular complexity index is 357. The van der Waals surface area contributed by atoms with Gasteiger partial charge >= 0.3 is 0 Å². The molecule has 0 saturated carbocycles. The Labute approximate surface area is 101 Å². The van der Waals surface area contributed by atoms with Crippen LogP contribution >= 0.6 is 0 Å². The average molecular weight is 240 g/mol. The van der Waals surface area contributed by atoms with Crippen LogP contribution in [0, 0.1) is 0 Å². The number of nitrogens with two attached hydrogens (primary N) is 1. The Balaban J connectivity index is 2.64. The van der Waals surface area contributed by atoms with Crippen molar-refractivity contribution in [2.45, 2.75) is 25.9 Å². The first-order chi connectivity index (χ1) is 8.02. The molecule has 1 aromatic rings. The smallest absolute Gasteiger partial charge is 0.135 e. The van der Waals surface area contributed by atoms with E-state index in [0.29, 0.717) is 24.0 Å². The molecule has 0 radical (unpaired) electrons. The molecule has 1 rings (SSSR count). The molecule has 0 saturated heterocycles. The van der Waals surface area contributed by atoms with Gasteiger partial charge in [-0.3, -0.25) is 0 Å². The van der Waals surface area contributed by atoms with Crippen molar-refractivity contribution < 1.29 is 9.84 Å². The molecule has 1 unspecified atom stereocenters. The SMILES string of the molecule is COCC(O)CNc1cc(N)nc(C(C)C)n1. The van der Waals surface area contributed by atoms with Gasteiger partial charge in [0.15, 0.2) is 0 Å². The molecule has 1 aromatic heterocycles. The summed E-state index contributed by atoms with van der Waals surface area (Å²) in [5, 5.41) is 12.5. The molecule has 0 aromatic carbocycles. The van der Waals surface area contributed by atoms with Crippen LogP contribution in [-0.4, -0.2) is 41.4 Å². The van der Waals surface area contributed by atoms with Crippen molar-refractivity contribution in [3.05, 3.63) is 11.9 Å². The zero-order valence-corrected chi connectivity index (χ0v) is 10.5. The summed E-state index contributed by atoms with van der Waals surface area (Å²) in [6.45, 7) is 4.64. The van der Waals surface area contributed by atoms with Crippen molar-refractivity contribution in [1.29, 1.82) is 0 Å². The highest BCUT2D eigenvalue weighted by Gasteiger charge is 2.08. The number of hydrogen-bond acceptors (Lipinski definition) is 6. The van der Waals surface area contributed by atoms with E-state index in [0.717, 1.165) is 0 Å². The molecule has 6 nitrogen and oxygen atoms in total. The number of nitrogens with zero attached hydrogens (tertiary/aromatic N) is 2. The minimum Gasteiger partial charge on any atom is -0.389 e. The van der Waals surface area contributed by atoms with Gasteiger partial charge in [0.25, 0.3) is 0 Å². The lowest BCUT2D eigenvalue weighted by Crippen LogP contribution is -2.24. The lowest BCUT2D eigenvalue weighted by Gasteiger charge is -2.13. The molecule has 0 bridgehead atoms. The van der Waals surface area contributed by atoms with Gasteiger partial charge in [0, 0.05) is 25.6 Å². The highest BCUT2D eigenvalue weighted by atomic mass is 16.5. The van der Waals surface area contributed by atoms with E-state index in [9.17, 15) is 5.11 Å². The van der Waals surface area contributed by atoms with Crippen LogP contribution in [0.1, 0.15) is 25.6 Å². The number of rotatable bonds is 6. The maximum Gasteiger partial charge on any atom is 0.135 e. The van der Waals surface area contributed by atoms with Crippen LogP contribution in [0.4, 0.5) is 11.6 Å². The highest BCUT2D eigenvalue weighted by Crippen LogP contribution is 2.14. The lowest BCUT2D eigenvalue weighted by molar-refractivity contribution is 0.0727. The molecule has 1 heterocycles. The van der Waals surface area contributed by atoms with E-state index in [2.05, 4.69) is 15.3 Å². The molecule has 0 aliphatic rings. The van der Waals surface area contributed by atoms with Crippen molar-refractivity contribution in [1.82, 2.24) is 9.97 Å². The Morgan fingerprint density at radius 2 is 2.18 bits per heavy atom. The molecular formula is C11H20N4O2. The summed E-state index contributed by atoms with van der Waals surface area (Å²) >= 11 is 0. The molecular weight excluding hydrogens is 220 g/mol. The Hall–Kier alpha value is -1.40. The fourth-order valence-corrected chi connectivity index (χ4v) is 1.31. The summed E-state index contributed by atoms with van der Waals surface area (Å²) in [4.78, 5) is 8.45. The van der Waals surface area contributed by atoms with E-state index in [-0.39, 0.29) is 12.5 Å². The van der Waals surface area contributed by atoms with Crippen LogP contribution in [0.2, 0.25) is 0 Å². The standard InChI is InChI=1S/C11H20N4O2/c1-7(2)11-14-9(12)4-10(15-11)13-5-8(16)6-17-3/h4,7-8,16H,5-6H2,1-3H3,(H3,12,13,14,15). The van der Waals surface area contributed by atoms with E-state index in [1.165, 1.54) is 0 Å². The minimum atomic E-state index is -0.571. The summed E-state index contributed by atoms with van der Waals surface area (Å²) in [6, 6.07) is 1.64. The van der Waals surface area contributed by atoms with Gasteiger partial charge in [-0.1, -0.05) is 13.8 Å². The third-order valence-corrected chi connectivity index (χ3v) is 2.16.